The van der Waals surface area contributed by atoms with Gasteiger partial charge >= 0.3 is 5.97 Å². The minimum Gasteiger partial charge on any atom is -0.507 e. The molecule has 1 fully saturated rings. The highest BCUT2D eigenvalue weighted by Crippen LogP contribution is 2.45. The zero-order valence-corrected chi connectivity index (χ0v) is 31.4. The van der Waals surface area contributed by atoms with Gasteiger partial charge in [-0.25, -0.2) is 0 Å². The van der Waals surface area contributed by atoms with Gasteiger partial charge in [-0.3, -0.25) is 19.2 Å². The Morgan fingerprint density at radius 2 is 1.55 bits per heavy atom. The maximum absolute atomic E-state index is 14.8. The standard InChI is InChI=1S/C43H42O15/c1-21-40(52)43(54,55)41(53)42(56-21)58-33-17-30-36(37(49)29(33)15-25-9-4-10-26(18-45)31(25)20-47)39(51)34-27(19-46)16-32(57-22(2)48)28(35(34)38(30)50)12-11-24-7-3-6-23(14-24)8-5-13-44/h3-4,6-7,9-12,14,16-17,20-21,40-42,44-46,49,52-55H,5,8,13,15,18-19H2,1-2H3/t21-,40-,41+,42-/m1/s1. The summed E-state index contributed by atoms with van der Waals surface area (Å²) >= 11 is 0. The molecular weight excluding hydrogens is 756 g/mol. The fraction of sp³-hybridized carbons (Fsp3) is 0.302. The van der Waals surface area contributed by atoms with Gasteiger partial charge in [-0.15, -0.1) is 0 Å². The molecule has 0 spiro atoms. The molecule has 6 rings (SSSR count). The van der Waals surface area contributed by atoms with Crippen molar-refractivity contribution in [1.82, 2.24) is 0 Å². The van der Waals surface area contributed by atoms with Crippen molar-refractivity contribution in [2.24, 2.45) is 0 Å². The average Bonchev–Trinajstić information content (AvgIpc) is 3.20. The van der Waals surface area contributed by atoms with Crippen LogP contribution in [0, 0.1) is 0 Å². The lowest BCUT2D eigenvalue weighted by atomic mass is 9.77. The number of benzene rings is 4. The Morgan fingerprint density at radius 3 is 2.22 bits per heavy atom. The first-order valence-corrected chi connectivity index (χ1v) is 18.3. The van der Waals surface area contributed by atoms with Gasteiger partial charge in [0.05, 0.1) is 24.9 Å². The van der Waals surface area contributed by atoms with Crippen LogP contribution in [0.3, 0.4) is 0 Å². The molecule has 15 heteroatoms. The second-order valence-electron chi connectivity index (χ2n) is 14.1. The van der Waals surface area contributed by atoms with E-state index in [1.807, 2.05) is 12.1 Å². The Kier molecular flexibility index (Phi) is 12.4. The summed E-state index contributed by atoms with van der Waals surface area (Å²) in [6.07, 6.45) is -3.27. The topological polar surface area (TPSA) is 258 Å². The lowest BCUT2D eigenvalue weighted by Gasteiger charge is -2.44. The minimum atomic E-state index is -3.14. The Morgan fingerprint density at radius 1 is 0.845 bits per heavy atom. The highest BCUT2D eigenvalue weighted by Gasteiger charge is 2.54. The second kappa shape index (κ2) is 17.1. The summed E-state index contributed by atoms with van der Waals surface area (Å²) in [5.74, 6) is -7.09. The molecule has 0 amide bonds. The van der Waals surface area contributed by atoms with Crippen LogP contribution >= 0.6 is 0 Å². The summed E-state index contributed by atoms with van der Waals surface area (Å²) in [7, 11) is 0. The normalized spacial score (nSPS) is 19.8. The number of hydrogen-bond acceptors (Lipinski definition) is 15. The molecule has 58 heavy (non-hydrogen) atoms. The second-order valence-corrected chi connectivity index (χ2v) is 14.1. The fourth-order valence-corrected chi connectivity index (χ4v) is 7.29. The number of ether oxygens (including phenoxy) is 3. The third-order valence-electron chi connectivity index (χ3n) is 10.3. The molecule has 1 heterocycles. The number of carbonyl (C=O) groups is 4. The molecule has 1 aliphatic carbocycles. The average molecular weight is 799 g/mol. The third-order valence-corrected chi connectivity index (χ3v) is 10.3. The van der Waals surface area contributed by atoms with Crippen LogP contribution in [0.2, 0.25) is 0 Å². The number of phenols is 1. The zero-order valence-electron chi connectivity index (χ0n) is 31.4. The van der Waals surface area contributed by atoms with Gasteiger partial charge in [-0.1, -0.05) is 48.5 Å². The number of rotatable bonds is 13. The number of aldehydes is 1. The van der Waals surface area contributed by atoms with Crippen LogP contribution in [0.1, 0.15) is 101 Å². The van der Waals surface area contributed by atoms with E-state index in [-0.39, 0.29) is 63.3 Å². The Hall–Kier alpha value is -5.62. The van der Waals surface area contributed by atoms with E-state index in [9.17, 15) is 60.0 Å². The van der Waals surface area contributed by atoms with E-state index in [0.29, 0.717) is 24.7 Å². The number of fused-ring (bicyclic) bond motifs is 2. The highest BCUT2D eigenvalue weighted by atomic mass is 16.7. The van der Waals surface area contributed by atoms with Gasteiger partial charge in [0.1, 0.15) is 23.4 Å². The smallest absolute Gasteiger partial charge is 0.308 e. The molecule has 4 aromatic carbocycles. The number of hydrogen-bond donors (Lipinski definition) is 8. The van der Waals surface area contributed by atoms with Crippen molar-refractivity contribution in [2.45, 2.75) is 76.7 Å². The number of esters is 1. The van der Waals surface area contributed by atoms with Crippen molar-refractivity contribution in [3.05, 3.63) is 121 Å². The van der Waals surface area contributed by atoms with E-state index in [1.54, 1.807) is 18.2 Å². The molecule has 1 saturated heterocycles. The first-order chi connectivity index (χ1) is 27.7. The van der Waals surface area contributed by atoms with Crippen molar-refractivity contribution in [3.63, 3.8) is 0 Å². The molecule has 1 aliphatic heterocycles. The van der Waals surface area contributed by atoms with E-state index < -0.39 is 83.8 Å². The predicted molar refractivity (Wildman–Crippen MR) is 204 cm³/mol. The van der Waals surface area contributed by atoms with Gasteiger partial charge in [0.2, 0.25) is 12.1 Å². The van der Waals surface area contributed by atoms with Gasteiger partial charge in [0.15, 0.2) is 24.0 Å². The first kappa shape index (κ1) is 42.0. The minimum absolute atomic E-state index is 0.00654. The maximum atomic E-state index is 14.8. The van der Waals surface area contributed by atoms with E-state index in [0.717, 1.165) is 18.6 Å². The van der Waals surface area contributed by atoms with E-state index in [1.165, 1.54) is 37.3 Å². The molecule has 8 N–H and O–H groups in total. The van der Waals surface area contributed by atoms with Crippen LogP contribution in [0.15, 0.2) is 54.6 Å². The number of aryl methyl sites for hydroxylation is 1. The van der Waals surface area contributed by atoms with Crippen LogP contribution in [-0.2, 0) is 35.6 Å². The molecule has 15 nitrogen and oxygen atoms in total. The molecular formula is C43H42O15. The first-order valence-electron chi connectivity index (χ1n) is 18.3. The number of aliphatic hydroxyl groups excluding tert-OH is 5. The molecule has 0 saturated carbocycles. The molecule has 4 aromatic rings. The largest absolute Gasteiger partial charge is 0.507 e. The van der Waals surface area contributed by atoms with Gasteiger partial charge in [0.25, 0.3) is 0 Å². The summed E-state index contributed by atoms with van der Waals surface area (Å²) in [6, 6.07) is 14.1. The van der Waals surface area contributed by atoms with Gasteiger partial charge in [-0.2, -0.15) is 0 Å². The number of aromatic hydroxyl groups is 1. The van der Waals surface area contributed by atoms with Crippen LogP contribution in [0.25, 0.3) is 12.2 Å². The lowest BCUT2D eigenvalue weighted by Crippen LogP contribution is -2.67. The lowest BCUT2D eigenvalue weighted by molar-refractivity contribution is -0.371. The van der Waals surface area contributed by atoms with Gasteiger partial charge < -0.3 is 55.1 Å². The number of aliphatic hydroxyl groups is 7. The maximum Gasteiger partial charge on any atom is 0.308 e. The van der Waals surface area contributed by atoms with Crippen molar-refractivity contribution in [1.29, 1.82) is 0 Å². The van der Waals surface area contributed by atoms with Crippen LogP contribution in [-0.4, -0.2) is 102 Å². The van der Waals surface area contributed by atoms with E-state index in [2.05, 4.69) is 0 Å². The highest BCUT2D eigenvalue weighted by molar-refractivity contribution is 6.31. The van der Waals surface area contributed by atoms with Gasteiger partial charge in [0, 0.05) is 53.3 Å². The van der Waals surface area contributed by atoms with Crippen LogP contribution in [0.4, 0.5) is 0 Å². The van der Waals surface area contributed by atoms with Crippen molar-refractivity contribution >= 4 is 36.0 Å². The third kappa shape index (κ3) is 7.81. The molecule has 304 valence electrons. The summed E-state index contributed by atoms with van der Waals surface area (Å²) in [5.41, 5.74) is 0.208. The molecule has 4 atom stereocenters. The molecule has 0 radical (unpaired) electrons. The monoisotopic (exact) mass is 798 g/mol. The van der Waals surface area contributed by atoms with Crippen LogP contribution < -0.4 is 9.47 Å². The Bertz CT molecular complexity index is 2310. The summed E-state index contributed by atoms with van der Waals surface area (Å²) in [6.45, 7) is 1.08. The molecule has 0 aromatic heterocycles. The van der Waals surface area contributed by atoms with Crippen molar-refractivity contribution < 1.29 is 74.2 Å². The summed E-state index contributed by atoms with van der Waals surface area (Å²) < 4.78 is 17.0. The number of carbonyl (C=O) groups excluding carboxylic acids is 4. The fourth-order valence-electron chi connectivity index (χ4n) is 7.29. The molecule has 0 bridgehead atoms. The molecule has 2 aliphatic rings. The molecule has 0 unspecified atom stereocenters. The SMILES string of the molecule is CC(=O)Oc1cc(CO)c2c(c1C=Cc1cccc(CCCO)c1)C(=O)c1cc(O[C@H]3O[C@H](C)[C@@H](O)C(O)(O)[C@H]3O)c(Cc3cccc(CO)c3C=O)c(O)c1C2=O. The van der Waals surface area contributed by atoms with E-state index in [4.69, 9.17) is 14.2 Å². The number of ketones is 2. The Balaban J connectivity index is 1.57. The predicted octanol–water partition coefficient (Wildman–Crippen LogP) is 2.10. The van der Waals surface area contributed by atoms with Gasteiger partial charge in [-0.05, 0) is 65.8 Å². The van der Waals surface area contributed by atoms with E-state index >= 15 is 0 Å². The Labute approximate surface area is 331 Å². The summed E-state index contributed by atoms with van der Waals surface area (Å²) in [5, 5.41) is 84.0. The summed E-state index contributed by atoms with van der Waals surface area (Å²) in [4.78, 5) is 54.0. The van der Waals surface area contributed by atoms with Crippen LogP contribution in [0.5, 0.6) is 17.2 Å². The zero-order chi connectivity index (χ0) is 42.1. The number of phenolic OH excluding ortho intramolecular Hbond substituents is 1. The quantitative estimate of drug-likeness (QED) is 0.0279. The van der Waals surface area contributed by atoms with Crippen molar-refractivity contribution in [2.75, 3.05) is 6.61 Å². The van der Waals surface area contributed by atoms with Crippen molar-refractivity contribution in [3.8, 4) is 17.2 Å².